The smallest absolute Gasteiger partial charge is 0.263 e. The van der Waals surface area contributed by atoms with Crippen molar-refractivity contribution in [3.05, 3.63) is 27.4 Å². The molecule has 1 amide bonds. The predicted octanol–water partition coefficient (Wildman–Crippen LogP) is 2.93. The number of hydrogen-bond acceptors (Lipinski definition) is 5. The molecule has 20 heavy (non-hydrogen) atoms. The molecule has 2 aromatic heterocycles. The Hall–Kier alpha value is -1.24. The van der Waals surface area contributed by atoms with Gasteiger partial charge in [-0.05, 0) is 18.4 Å². The maximum atomic E-state index is 12.2. The number of aromatic nitrogens is 1. The summed E-state index contributed by atoms with van der Waals surface area (Å²) < 4.78 is 0. The van der Waals surface area contributed by atoms with Crippen molar-refractivity contribution in [1.82, 2.24) is 10.3 Å². The largest absolute Gasteiger partial charge is 0.396 e. The van der Waals surface area contributed by atoms with Gasteiger partial charge in [0.25, 0.3) is 5.91 Å². The predicted molar refractivity (Wildman–Crippen MR) is 83.4 cm³/mol. The van der Waals surface area contributed by atoms with Crippen molar-refractivity contribution in [3.63, 3.8) is 0 Å². The van der Waals surface area contributed by atoms with Gasteiger partial charge in [-0.25, -0.2) is 4.98 Å². The minimum atomic E-state index is -0.315. The number of carbonyl (C=O) groups is 1. The fourth-order valence-corrected chi connectivity index (χ4v) is 3.27. The number of aryl methyl sites for hydroxylation is 1. The molecular formula is C14H18N2O2S2. The number of aliphatic hydroxyl groups excluding tert-OH is 1. The number of thiazole rings is 1. The minimum Gasteiger partial charge on any atom is -0.396 e. The third-order valence-corrected chi connectivity index (χ3v) is 4.81. The van der Waals surface area contributed by atoms with E-state index in [0.29, 0.717) is 11.4 Å². The molecule has 2 N–H and O–H groups in total. The van der Waals surface area contributed by atoms with Crippen molar-refractivity contribution >= 4 is 28.6 Å². The molecule has 108 valence electrons. The number of amides is 1. The Morgan fingerprint density at radius 2 is 2.25 bits per heavy atom. The van der Waals surface area contributed by atoms with Crippen LogP contribution in [0.4, 0.5) is 0 Å². The first kappa shape index (κ1) is 15.2. The normalized spacial score (nSPS) is 11.6. The van der Waals surface area contributed by atoms with Crippen molar-refractivity contribution in [3.8, 4) is 10.6 Å². The topological polar surface area (TPSA) is 62.2 Å². The van der Waals surface area contributed by atoms with Gasteiger partial charge >= 0.3 is 0 Å². The van der Waals surface area contributed by atoms with Crippen molar-refractivity contribution in [2.24, 2.45) is 5.41 Å². The zero-order valence-electron chi connectivity index (χ0n) is 11.8. The summed E-state index contributed by atoms with van der Waals surface area (Å²) in [4.78, 5) is 17.3. The third kappa shape index (κ3) is 3.45. The quantitative estimate of drug-likeness (QED) is 0.892. The van der Waals surface area contributed by atoms with Crippen LogP contribution in [-0.4, -0.2) is 29.1 Å². The number of nitrogens with zero attached hydrogens (tertiary/aromatic N) is 1. The summed E-state index contributed by atoms with van der Waals surface area (Å²) in [6.07, 6.45) is 0. The molecule has 0 aliphatic heterocycles. The first-order valence-corrected chi connectivity index (χ1v) is 8.08. The SMILES string of the molecule is Cc1nc(-c2ccsc2)sc1C(=O)NCC(C)(C)CO. The molecule has 2 aromatic rings. The first-order valence-electron chi connectivity index (χ1n) is 6.32. The van der Waals surface area contributed by atoms with Crippen molar-refractivity contribution in [2.45, 2.75) is 20.8 Å². The van der Waals surface area contributed by atoms with Gasteiger partial charge in [-0.15, -0.1) is 11.3 Å². The van der Waals surface area contributed by atoms with Gasteiger partial charge in [0, 0.05) is 29.5 Å². The molecule has 0 fully saturated rings. The fraction of sp³-hybridized carbons (Fsp3) is 0.429. The molecule has 0 aromatic carbocycles. The van der Waals surface area contributed by atoms with Crippen LogP contribution in [0.5, 0.6) is 0 Å². The van der Waals surface area contributed by atoms with Crippen LogP contribution in [0.15, 0.2) is 16.8 Å². The van der Waals surface area contributed by atoms with Gasteiger partial charge in [0.2, 0.25) is 0 Å². The summed E-state index contributed by atoms with van der Waals surface area (Å²) in [6, 6.07) is 2.00. The molecule has 0 aliphatic rings. The summed E-state index contributed by atoms with van der Waals surface area (Å²) in [7, 11) is 0. The van der Waals surface area contributed by atoms with Crippen molar-refractivity contribution in [1.29, 1.82) is 0 Å². The second-order valence-electron chi connectivity index (χ2n) is 5.45. The van der Waals surface area contributed by atoms with E-state index in [2.05, 4.69) is 10.3 Å². The number of thiophene rings is 1. The highest BCUT2D eigenvalue weighted by Gasteiger charge is 2.21. The molecule has 2 heterocycles. The highest BCUT2D eigenvalue weighted by atomic mass is 32.1. The van der Waals surface area contributed by atoms with Crippen LogP contribution in [0.2, 0.25) is 0 Å². The molecule has 2 rings (SSSR count). The first-order chi connectivity index (χ1) is 9.43. The Balaban J connectivity index is 2.11. The second-order valence-corrected chi connectivity index (χ2v) is 7.23. The molecule has 6 heteroatoms. The molecule has 0 saturated carbocycles. The average molecular weight is 310 g/mol. The molecule has 4 nitrogen and oxygen atoms in total. The Bertz CT molecular complexity index is 588. The standard InChI is InChI=1S/C14H18N2O2S2/c1-9-11(12(18)15-7-14(2,3)8-17)20-13(16-9)10-4-5-19-6-10/h4-6,17H,7-8H2,1-3H3,(H,15,18). The lowest BCUT2D eigenvalue weighted by Gasteiger charge is -2.21. The van der Waals surface area contributed by atoms with Crippen LogP contribution >= 0.6 is 22.7 Å². The lowest BCUT2D eigenvalue weighted by Crippen LogP contribution is -2.35. The molecule has 0 aliphatic carbocycles. The van der Waals surface area contributed by atoms with E-state index in [1.807, 2.05) is 37.6 Å². The third-order valence-electron chi connectivity index (χ3n) is 2.93. The summed E-state index contributed by atoms with van der Waals surface area (Å²) in [6.45, 7) is 6.13. The van der Waals surface area contributed by atoms with Gasteiger partial charge in [-0.2, -0.15) is 11.3 Å². The van der Waals surface area contributed by atoms with Gasteiger partial charge in [0.1, 0.15) is 9.88 Å². The van der Waals surface area contributed by atoms with E-state index < -0.39 is 0 Å². The molecule has 0 saturated heterocycles. The summed E-state index contributed by atoms with van der Waals surface area (Å²) in [5.41, 5.74) is 1.48. The van der Waals surface area contributed by atoms with Crippen LogP contribution < -0.4 is 5.32 Å². The molecule has 0 spiro atoms. The average Bonchev–Trinajstić information content (AvgIpc) is 3.05. The summed E-state index contributed by atoms with van der Waals surface area (Å²) >= 11 is 3.02. The highest BCUT2D eigenvalue weighted by molar-refractivity contribution is 7.17. The Morgan fingerprint density at radius 1 is 1.50 bits per heavy atom. The van der Waals surface area contributed by atoms with Crippen LogP contribution in [0, 0.1) is 12.3 Å². The number of nitrogens with one attached hydrogen (secondary N) is 1. The number of hydrogen-bond donors (Lipinski definition) is 2. The molecule has 0 radical (unpaired) electrons. The maximum absolute atomic E-state index is 12.2. The second kappa shape index (κ2) is 6.03. The van der Waals surface area contributed by atoms with Gasteiger partial charge in [-0.1, -0.05) is 13.8 Å². The van der Waals surface area contributed by atoms with E-state index in [1.54, 1.807) is 11.3 Å². The van der Waals surface area contributed by atoms with Crippen LogP contribution in [0.3, 0.4) is 0 Å². The summed E-state index contributed by atoms with van der Waals surface area (Å²) in [5, 5.41) is 17.0. The van der Waals surface area contributed by atoms with Crippen LogP contribution in [-0.2, 0) is 0 Å². The van der Waals surface area contributed by atoms with Gasteiger partial charge in [0.15, 0.2) is 0 Å². The number of rotatable bonds is 5. The minimum absolute atomic E-state index is 0.0368. The number of carbonyl (C=O) groups excluding carboxylic acids is 1. The Labute approximate surface area is 126 Å². The van der Waals surface area contributed by atoms with Gasteiger partial charge in [0.05, 0.1) is 5.69 Å². The van der Waals surface area contributed by atoms with E-state index in [1.165, 1.54) is 11.3 Å². The van der Waals surface area contributed by atoms with Gasteiger partial charge in [-0.3, -0.25) is 4.79 Å². The highest BCUT2D eigenvalue weighted by Crippen LogP contribution is 2.29. The Morgan fingerprint density at radius 3 is 2.85 bits per heavy atom. The van der Waals surface area contributed by atoms with Gasteiger partial charge < -0.3 is 10.4 Å². The van der Waals surface area contributed by atoms with E-state index in [0.717, 1.165) is 16.3 Å². The molecular weight excluding hydrogens is 292 g/mol. The fourth-order valence-electron chi connectivity index (χ4n) is 1.57. The van der Waals surface area contributed by atoms with Crippen molar-refractivity contribution < 1.29 is 9.90 Å². The molecule has 0 unspecified atom stereocenters. The van der Waals surface area contributed by atoms with E-state index in [4.69, 9.17) is 0 Å². The van der Waals surface area contributed by atoms with Crippen LogP contribution in [0.25, 0.3) is 10.6 Å². The van der Waals surface area contributed by atoms with Crippen LogP contribution in [0.1, 0.15) is 29.2 Å². The van der Waals surface area contributed by atoms with E-state index >= 15 is 0 Å². The van der Waals surface area contributed by atoms with E-state index in [-0.39, 0.29) is 17.9 Å². The molecule has 0 atom stereocenters. The zero-order valence-corrected chi connectivity index (χ0v) is 13.4. The van der Waals surface area contributed by atoms with Crippen molar-refractivity contribution in [2.75, 3.05) is 13.2 Å². The monoisotopic (exact) mass is 310 g/mol. The lowest BCUT2D eigenvalue weighted by molar-refractivity contribution is 0.0914. The van der Waals surface area contributed by atoms with E-state index in [9.17, 15) is 9.90 Å². The molecule has 0 bridgehead atoms. The summed E-state index contributed by atoms with van der Waals surface area (Å²) in [5.74, 6) is -0.122. The number of aliphatic hydroxyl groups is 1. The maximum Gasteiger partial charge on any atom is 0.263 e. The lowest BCUT2D eigenvalue weighted by atomic mass is 9.95. The Kier molecular flexibility index (Phi) is 4.57. The zero-order chi connectivity index (χ0) is 14.8.